The fourth-order valence-corrected chi connectivity index (χ4v) is 4.45. The SMILES string of the molecule is CCNC(=NCc1csc(CC)n1)NCC(c1ccccc1OC)N1CCCC1. The smallest absolute Gasteiger partial charge is 0.191 e. The van der Waals surface area contributed by atoms with E-state index < -0.39 is 0 Å². The molecule has 0 aliphatic carbocycles. The average Bonchev–Trinajstić information content (AvgIpc) is 3.44. The number of benzene rings is 1. The van der Waals surface area contributed by atoms with Crippen molar-refractivity contribution in [3.8, 4) is 5.75 Å². The van der Waals surface area contributed by atoms with Gasteiger partial charge >= 0.3 is 0 Å². The van der Waals surface area contributed by atoms with Crippen LogP contribution in [0.4, 0.5) is 0 Å². The second-order valence-electron chi connectivity index (χ2n) is 7.16. The molecule has 29 heavy (non-hydrogen) atoms. The maximum Gasteiger partial charge on any atom is 0.191 e. The second kappa shape index (κ2) is 11.2. The summed E-state index contributed by atoms with van der Waals surface area (Å²) in [6.45, 7) is 8.67. The van der Waals surface area contributed by atoms with Gasteiger partial charge in [0.25, 0.3) is 0 Å². The Morgan fingerprint density at radius 3 is 2.72 bits per heavy atom. The van der Waals surface area contributed by atoms with Crippen LogP contribution in [-0.4, -0.2) is 49.1 Å². The van der Waals surface area contributed by atoms with Crippen LogP contribution in [0, 0.1) is 0 Å². The van der Waals surface area contributed by atoms with Crippen molar-refractivity contribution in [2.45, 2.75) is 45.7 Å². The number of thiazole rings is 1. The highest BCUT2D eigenvalue weighted by molar-refractivity contribution is 7.09. The van der Waals surface area contributed by atoms with Gasteiger partial charge in [-0.05, 0) is 45.3 Å². The lowest BCUT2D eigenvalue weighted by Gasteiger charge is -2.30. The highest BCUT2D eigenvalue weighted by Crippen LogP contribution is 2.31. The van der Waals surface area contributed by atoms with Crippen molar-refractivity contribution in [1.29, 1.82) is 0 Å². The number of nitrogens with one attached hydrogen (secondary N) is 2. The maximum atomic E-state index is 5.65. The summed E-state index contributed by atoms with van der Waals surface area (Å²) >= 11 is 1.71. The van der Waals surface area contributed by atoms with E-state index in [4.69, 9.17) is 9.73 Å². The zero-order valence-corrected chi connectivity index (χ0v) is 18.6. The molecule has 1 unspecified atom stereocenters. The number of hydrogen-bond donors (Lipinski definition) is 2. The van der Waals surface area contributed by atoms with E-state index in [-0.39, 0.29) is 6.04 Å². The molecule has 1 saturated heterocycles. The van der Waals surface area contributed by atoms with Crippen molar-refractivity contribution in [2.75, 3.05) is 33.3 Å². The standard InChI is InChI=1S/C22H33N5OS/c1-4-21-26-17(16-29-21)14-24-22(23-5-2)25-15-19(27-12-8-9-13-27)18-10-6-7-11-20(18)28-3/h6-7,10-11,16,19H,4-5,8-9,12-15H2,1-3H3,(H2,23,24,25). The molecule has 1 atom stereocenters. The van der Waals surface area contributed by atoms with E-state index >= 15 is 0 Å². The van der Waals surface area contributed by atoms with E-state index in [2.05, 4.69) is 51.9 Å². The van der Waals surface area contributed by atoms with Crippen LogP contribution in [0.1, 0.15) is 49.0 Å². The normalized spacial score (nSPS) is 16.0. The van der Waals surface area contributed by atoms with Crippen LogP contribution in [0.2, 0.25) is 0 Å². The topological polar surface area (TPSA) is 61.8 Å². The number of nitrogens with zero attached hydrogens (tertiary/aromatic N) is 3. The summed E-state index contributed by atoms with van der Waals surface area (Å²) in [5.41, 5.74) is 2.26. The molecular weight excluding hydrogens is 382 g/mol. The number of methoxy groups -OCH3 is 1. The van der Waals surface area contributed by atoms with Crippen molar-refractivity contribution in [3.63, 3.8) is 0 Å². The summed E-state index contributed by atoms with van der Waals surface area (Å²) in [6, 6.07) is 8.60. The molecule has 6 nitrogen and oxygen atoms in total. The Balaban J connectivity index is 1.72. The first-order valence-corrected chi connectivity index (χ1v) is 11.5. The molecule has 1 aromatic heterocycles. The van der Waals surface area contributed by atoms with Crippen LogP contribution < -0.4 is 15.4 Å². The lowest BCUT2D eigenvalue weighted by atomic mass is 10.0. The Morgan fingerprint density at radius 2 is 2.03 bits per heavy atom. The van der Waals surface area contributed by atoms with Gasteiger partial charge in [0.2, 0.25) is 0 Å². The molecule has 1 aliphatic heterocycles. The zero-order chi connectivity index (χ0) is 20.5. The maximum absolute atomic E-state index is 5.65. The fourth-order valence-electron chi connectivity index (χ4n) is 3.71. The number of aromatic nitrogens is 1. The number of hydrogen-bond acceptors (Lipinski definition) is 5. The van der Waals surface area contributed by atoms with Gasteiger partial charge in [-0.15, -0.1) is 11.3 Å². The monoisotopic (exact) mass is 415 g/mol. The van der Waals surface area contributed by atoms with Gasteiger partial charge in [-0.1, -0.05) is 25.1 Å². The van der Waals surface area contributed by atoms with Crippen LogP contribution in [0.15, 0.2) is 34.6 Å². The molecule has 1 aliphatic rings. The van der Waals surface area contributed by atoms with Crippen molar-refractivity contribution in [2.24, 2.45) is 4.99 Å². The molecule has 0 amide bonds. The van der Waals surface area contributed by atoms with Gasteiger partial charge in [0.15, 0.2) is 5.96 Å². The molecule has 2 aromatic rings. The minimum atomic E-state index is 0.253. The number of ether oxygens (including phenoxy) is 1. The molecule has 2 N–H and O–H groups in total. The first-order chi connectivity index (χ1) is 14.2. The predicted molar refractivity (Wildman–Crippen MR) is 121 cm³/mol. The number of aryl methyl sites for hydroxylation is 1. The van der Waals surface area contributed by atoms with Gasteiger partial charge in [0.1, 0.15) is 5.75 Å². The van der Waals surface area contributed by atoms with E-state index in [1.807, 2.05) is 12.1 Å². The van der Waals surface area contributed by atoms with Gasteiger partial charge in [0.05, 0.1) is 30.4 Å². The molecule has 3 rings (SSSR count). The van der Waals surface area contributed by atoms with Crippen molar-refractivity contribution in [1.82, 2.24) is 20.5 Å². The van der Waals surface area contributed by atoms with Crippen LogP contribution >= 0.6 is 11.3 Å². The van der Waals surface area contributed by atoms with Crippen molar-refractivity contribution in [3.05, 3.63) is 45.9 Å². The highest BCUT2D eigenvalue weighted by atomic mass is 32.1. The molecule has 0 spiro atoms. The average molecular weight is 416 g/mol. The van der Waals surface area contributed by atoms with Gasteiger partial charge in [-0.25, -0.2) is 9.98 Å². The Bertz CT molecular complexity index is 785. The molecule has 2 heterocycles. The molecule has 0 saturated carbocycles. The molecule has 7 heteroatoms. The van der Waals surface area contributed by atoms with E-state index in [0.29, 0.717) is 6.54 Å². The number of guanidine groups is 1. The number of likely N-dealkylation sites (tertiary alicyclic amines) is 1. The Hall–Kier alpha value is -2.12. The lowest BCUT2D eigenvalue weighted by Crippen LogP contribution is -2.42. The van der Waals surface area contributed by atoms with Crippen molar-refractivity contribution < 1.29 is 4.74 Å². The third-order valence-electron chi connectivity index (χ3n) is 5.19. The van der Waals surface area contributed by atoms with Gasteiger partial charge in [0, 0.05) is 24.0 Å². The molecule has 158 valence electrons. The summed E-state index contributed by atoms with van der Waals surface area (Å²) in [7, 11) is 1.75. The van der Waals surface area contributed by atoms with E-state index in [1.165, 1.54) is 23.4 Å². The van der Waals surface area contributed by atoms with E-state index in [9.17, 15) is 0 Å². The van der Waals surface area contributed by atoms with Crippen LogP contribution in [0.25, 0.3) is 0 Å². The van der Waals surface area contributed by atoms with Gasteiger partial charge in [-0.2, -0.15) is 0 Å². The summed E-state index contributed by atoms with van der Waals surface area (Å²) < 4.78 is 5.65. The summed E-state index contributed by atoms with van der Waals surface area (Å²) in [5, 5.41) is 10.2. The molecule has 1 fully saturated rings. The largest absolute Gasteiger partial charge is 0.496 e. The molecular formula is C22H33N5OS. The third kappa shape index (κ3) is 5.93. The number of para-hydroxylation sites is 1. The minimum Gasteiger partial charge on any atom is -0.496 e. The van der Waals surface area contributed by atoms with Crippen molar-refractivity contribution >= 4 is 17.3 Å². The Labute approximate surface area is 178 Å². The quantitative estimate of drug-likeness (QED) is 0.484. The van der Waals surface area contributed by atoms with Gasteiger partial charge in [-0.3, -0.25) is 4.90 Å². The second-order valence-corrected chi connectivity index (χ2v) is 8.11. The number of rotatable bonds is 9. The van der Waals surface area contributed by atoms with Crippen LogP contribution in [0.3, 0.4) is 0 Å². The third-order valence-corrected chi connectivity index (χ3v) is 6.23. The Kier molecular flexibility index (Phi) is 8.31. The van der Waals surface area contributed by atoms with E-state index in [0.717, 1.165) is 50.0 Å². The summed E-state index contributed by atoms with van der Waals surface area (Å²) in [4.78, 5) is 11.9. The van der Waals surface area contributed by atoms with Crippen LogP contribution in [0.5, 0.6) is 5.75 Å². The Morgan fingerprint density at radius 1 is 1.24 bits per heavy atom. The number of aliphatic imine (C=N–C) groups is 1. The van der Waals surface area contributed by atoms with E-state index in [1.54, 1.807) is 18.4 Å². The zero-order valence-electron chi connectivity index (χ0n) is 17.8. The fraction of sp³-hybridized carbons (Fsp3) is 0.545. The highest BCUT2D eigenvalue weighted by Gasteiger charge is 2.26. The minimum absolute atomic E-state index is 0.253. The summed E-state index contributed by atoms with van der Waals surface area (Å²) in [5.74, 6) is 1.78. The molecule has 0 bridgehead atoms. The summed E-state index contributed by atoms with van der Waals surface area (Å²) in [6.07, 6.45) is 3.48. The molecule has 0 radical (unpaired) electrons. The van der Waals surface area contributed by atoms with Crippen LogP contribution in [-0.2, 0) is 13.0 Å². The molecule has 1 aromatic carbocycles. The predicted octanol–water partition coefficient (Wildman–Crippen LogP) is 3.61. The van der Waals surface area contributed by atoms with Gasteiger partial charge < -0.3 is 15.4 Å². The lowest BCUT2D eigenvalue weighted by molar-refractivity contribution is 0.239. The first-order valence-electron chi connectivity index (χ1n) is 10.6. The first kappa shape index (κ1) is 21.6.